The number of aromatic nitrogens is 1. The summed E-state index contributed by atoms with van der Waals surface area (Å²) in [6, 6.07) is 3.50. The summed E-state index contributed by atoms with van der Waals surface area (Å²) in [5.74, 6) is 0.326. The summed E-state index contributed by atoms with van der Waals surface area (Å²) in [5.41, 5.74) is 1.23. The zero-order chi connectivity index (χ0) is 16.4. The first kappa shape index (κ1) is 16.2. The highest BCUT2D eigenvalue weighted by Gasteiger charge is 2.31. The molecule has 0 aromatic carbocycles. The largest absolute Gasteiger partial charge is 0.378 e. The fraction of sp³-hybridized carbons (Fsp3) is 0.600. The number of sulfone groups is 1. The van der Waals surface area contributed by atoms with Gasteiger partial charge in [0.25, 0.3) is 5.91 Å². The SMILES string of the molecule is CN(c1ccc(C(=O)N2CCOCC2)nc1)C1CCS(=O)(=O)C1. The minimum absolute atomic E-state index is 0.0254. The van der Waals surface area contributed by atoms with E-state index in [1.54, 1.807) is 17.2 Å². The van der Waals surface area contributed by atoms with E-state index in [-0.39, 0.29) is 23.5 Å². The zero-order valence-corrected chi connectivity index (χ0v) is 14.0. The van der Waals surface area contributed by atoms with Crippen molar-refractivity contribution >= 4 is 21.4 Å². The number of rotatable bonds is 3. The van der Waals surface area contributed by atoms with Crippen molar-refractivity contribution in [3.63, 3.8) is 0 Å². The molecule has 8 heteroatoms. The van der Waals surface area contributed by atoms with Crippen LogP contribution in [0.5, 0.6) is 0 Å². The van der Waals surface area contributed by atoms with E-state index in [9.17, 15) is 13.2 Å². The number of hydrogen-bond acceptors (Lipinski definition) is 6. The Morgan fingerprint density at radius 3 is 2.65 bits per heavy atom. The van der Waals surface area contributed by atoms with Crippen LogP contribution in [0.4, 0.5) is 5.69 Å². The van der Waals surface area contributed by atoms with Gasteiger partial charge in [-0.05, 0) is 18.6 Å². The first-order valence-corrected chi connectivity index (χ1v) is 9.55. The van der Waals surface area contributed by atoms with Gasteiger partial charge < -0.3 is 14.5 Å². The molecule has 1 atom stereocenters. The highest BCUT2D eigenvalue weighted by atomic mass is 32.2. The van der Waals surface area contributed by atoms with Crippen LogP contribution in [0.25, 0.3) is 0 Å². The van der Waals surface area contributed by atoms with Crippen LogP contribution in [0.2, 0.25) is 0 Å². The topological polar surface area (TPSA) is 79.8 Å². The molecule has 0 saturated carbocycles. The highest BCUT2D eigenvalue weighted by Crippen LogP contribution is 2.22. The second kappa shape index (κ2) is 6.45. The van der Waals surface area contributed by atoms with Crippen LogP contribution in [-0.2, 0) is 14.6 Å². The molecule has 2 saturated heterocycles. The lowest BCUT2D eigenvalue weighted by atomic mass is 10.2. The summed E-state index contributed by atoms with van der Waals surface area (Å²) in [5, 5.41) is 0. The Hall–Kier alpha value is -1.67. The quantitative estimate of drug-likeness (QED) is 0.781. The molecule has 126 valence electrons. The van der Waals surface area contributed by atoms with Crippen molar-refractivity contribution in [2.75, 3.05) is 49.8 Å². The van der Waals surface area contributed by atoms with Gasteiger partial charge in [0.2, 0.25) is 0 Å². The second-order valence-electron chi connectivity index (χ2n) is 5.97. The Bertz CT molecular complexity index is 668. The Balaban J connectivity index is 1.68. The molecule has 2 aliphatic heterocycles. The van der Waals surface area contributed by atoms with E-state index in [2.05, 4.69) is 4.98 Å². The predicted molar refractivity (Wildman–Crippen MR) is 86.4 cm³/mol. The molecule has 23 heavy (non-hydrogen) atoms. The van der Waals surface area contributed by atoms with Gasteiger partial charge in [0, 0.05) is 26.2 Å². The molecule has 7 nitrogen and oxygen atoms in total. The number of anilines is 1. The number of pyridine rings is 1. The lowest BCUT2D eigenvalue weighted by Gasteiger charge is -2.27. The van der Waals surface area contributed by atoms with E-state index in [1.807, 2.05) is 18.0 Å². The van der Waals surface area contributed by atoms with Crippen LogP contribution in [-0.4, -0.2) is 75.1 Å². The molecule has 1 aromatic rings. The molecule has 0 bridgehead atoms. The van der Waals surface area contributed by atoms with E-state index >= 15 is 0 Å². The van der Waals surface area contributed by atoms with Gasteiger partial charge in [0.05, 0.1) is 36.6 Å². The Morgan fingerprint density at radius 1 is 1.35 bits per heavy atom. The standard InChI is InChI=1S/C15H21N3O4S/c1-17(13-4-9-23(20,21)11-13)12-2-3-14(16-10-12)15(19)18-5-7-22-8-6-18/h2-3,10,13H,4-9,11H2,1H3. The van der Waals surface area contributed by atoms with Crippen molar-refractivity contribution in [3.8, 4) is 0 Å². The lowest BCUT2D eigenvalue weighted by molar-refractivity contribution is 0.0299. The van der Waals surface area contributed by atoms with Gasteiger partial charge in [-0.3, -0.25) is 4.79 Å². The maximum atomic E-state index is 12.3. The van der Waals surface area contributed by atoms with E-state index in [4.69, 9.17) is 4.74 Å². The average Bonchev–Trinajstić information content (AvgIpc) is 2.94. The predicted octanol–water partition coefficient (Wildman–Crippen LogP) is 0.177. The minimum atomic E-state index is -2.92. The number of carbonyl (C=O) groups is 1. The Morgan fingerprint density at radius 2 is 2.09 bits per heavy atom. The van der Waals surface area contributed by atoms with Crippen LogP contribution in [0.15, 0.2) is 18.3 Å². The molecule has 1 unspecified atom stereocenters. The molecule has 0 N–H and O–H groups in total. The number of carbonyl (C=O) groups excluding carboxylic acids is 1. The molecule has 2 aliphatic rings. The molecule has 1 aromatic heterocycles. The van der Waals surface area contributed by atoms with Crippen molar-refractivity contribution in [1.82, 2.24) is 9.88 Å². The molecular weight excluding hydrogens is 318 g/mol. The van der Waals surface area contributed by atoms with Crippen molar-refractivity contribution < 1.29 is 17.9 Å². The van der Waals surface area contributed by atoms with Gasteiger partial charge in [0.15, 0.2) is 9.84 Å². The molecule has 1 amide bonds. The second-order valence-corrected chi connectivity index (χ2v) is 8.20. The van der Waals surface area contributed by atoms with Gasteiger partial charge in [-0.25, -0.2) is 13.4 Å². The molecule has 0 aliphatic carbocycles. The van der Waals surface area contributed by atoms with Crippen molar-refractivity contribution in [2.24, 2.45) is 0 Å². The van der Waals surface area contributed by atoms with E-state index in [1.165, 1.54) is 0 Å². The lowest BCUT2D eigenvalue weighted by Crippen LogP contribution is -2.41. The van der Waals surface area contributed by atoms with Crippen LogP contribution >= 0.6 is 0 Å². The number of ether oxygens (including phenoxy) is 1. The average molecular weight is 339 g/mol. The third kappa shape index (κ3) is 3.64. The van der Waals surface area contributed by atoms with Gasteiger partial charge in [0.1, 0.15) is 5.69 Å². The summed E-state index contributed by atoms with van der Waals surface area (Å²) in [4.78, 5) is 20.3. The summed E-state index contributed by atoms with van der Waals surface area (Å²) < 4.78 is 28.4. The molecule has 0 radical (unpaired) electrons. The van der Waals surface area contributed by atoms with Crippen molar-refractivity contribution in [2.45, 2.75) is 12.5 Å². The maximum absolute atomic E-state index is 12.3. The summed E-state index contributed by atoms with van der Waals surface area (Å²) in [7, 11) is -1.05. The zero-order valence-electron chi connectivity index (χ0n) is 13.1. The maximum Gasteiger partial charge on any atom is 0.272 e. The monoisotopic (exact) mass is 339 g/mol. The fourth-order valence-corrected chi connectivity index (χ4v) is 4.72. The number of amides is 1. The van der Waals surface area contributed by atoms with E-state index in [0.717, 1.165) is 5.69 Å². The van der Waals surface area contributed by atoms with Crippen LogP contribution < -0.4 is 4.90 Å². The van der Waals surface area contributed by atoms with Crippen LogP contribution in [0.1, 0.15) is 16.9 Å². The smallest absolute Gasteiger partial charge is 0.272 e. The van der Waals surface area contributed by atoms with Gasteiger partial charge >= 0.3 is 0 Å². The van der Waals surface area contributed by atoms with Crippen molar-refractivity contribution in [1.29, 1.82) is 0 Å². The third-order valence-electron chi connectivity index (χ3n) is 4.43. The molecule has 2 fully saturated rings. The van der Waals surface area contributed by atoms with Crippen LogP contribution in [0.3, 0.4) is 0 Å². The molecular formula is C15H21N3O4S. The normalized spacial score (nSPS) is 23.7. The first-order chi connectivity index (χ1) is 11.0. The summed E-state index contributed by atoms with van der Waals surface area (Å²) >= 11 is 0. The van der Waals surface area contributed by atoms with Gasteiger partial charge in [-0.15, -0.1) is 0 Å². The van der Waals surface area contributed by atoms with Gasteiger partial charge in [-0.1, -0.05) is 0 Å². The summed E-state index contributed by atoms with van der Waals surface area (Å²) in [6.07, 6.45) is 2.27. The number of nitrogens with zero attached hydrogens (tertiary/aromatic N) is 3. The van der Waals surface area contributed by atoms with Crippen LogP contribution in [0, 0.1) is 0 Å². The Labute approximate surface area is 136 Å². The highest BCUT2D eigenvalue weighted by molar-refractivity contribution is 7.91. The third-order valence-corrected chi connectivity index (χ3v) is 6.18. The number of morpholine rings is 1. The molecule has 3 heterocycles. The van der Waals surface area contributed by atoms with Gasteiger partial charge in [-0.2, -0.15) is 0 Å². The van der Waals surface area contributed by atoms with E-state index in [0.29, 0.717) is 38.4 Å². The molecule has 3 rings (SSSR count). The Kier molecular flexibility index (Phi) is 4.54. The molecule has 0 spiro atoms. The minimum Gasteiger partial charge on any atom is -0.378 e. The van der Waals surface area contributed by atoms with E-state index < -0.39 is 9.84 Å². The summed E-state index contributed by atoms with van der Waals surface area (Å²) in [6.45, 7) is 2.29. The fourth-order valence-electron chi connectivity index (χ4n) is 2.94. The number of hydrogen-bond donors (Lipinski definition) is 0. The van der Waals surface area contributed by atoms with Crippen molar-refractivity contribution in [3.05, 3.63) is 24.0 Å². The first-order valence-electron chi connectivity index (χ1n) is 7.72.